The van der Waals surface area contributed by atoms with Crippen molar-refractivity contribution in [3.8, 4) is 0 Å². The van der Waals surface area contributed by atoms with Gasteiger partial charge >= 0.3 is 45.1 Å². The zero-order valence-electron chi connectivity index (χ0n) is 6.41. The Hall–Kier alpha value is 4.92. The molecule has 0 bridgehead atoms. The normalized spacial score (nSPS) is 3.00. The molecular weight excluding hydrogens is 518 g/mol. The summed E-state index contributed by atoms with van der Waals surface area (Å²) in [5, 5.41) is 21.5. The summed E-state index contributed by atoms with van der Waals surface area (Å²) in [6.45, 7) is 0. The molecule has 9 heavy (non-hydrogen) atoms. The molecule has 0 amide bonds. The van der Waals surface area contributed by atoms with Crippen LogP contribution in [0.1, 0.15) is 2.85 Å². The summed E-state index contributed by atoms with van der Waals surface area (Å²) in [4.78, 5) is 0. The predicted molar refractivity (Wildman–Crippen MR) is 24.0 cm³/mol. The van der Waals surface area contributed by atoms with Crippen LogP contribution in [0.3, 0.4) is 0 Å². The fourth-order valence-corrected chi connectivity index (χ4v) is 0. The molecule has 0 spiro atoms. The fraction of sp³-hybridized carbons (Fsp3) is 0. The first-order chi connectivity index (χ1) is 1.73. The molecule has 5 N–H and O–H groups in total. The van der Waals surface area contributed by atoms with Crippen LogP contribution in [0.5, 0.6) is 0 Å². The zero-order valence-corrected chi connectivity index (χ0v) is 14.0. The maximum atomic E-state index is 7.17. The van der Waals surface area contributed by atoms with Crippen molar-refractivity contribution in [1.29, 1.82) is 0 Å². The van der Waals surface area contributed by atoms with Crippen molar-refractivity contribution >= 4 is 45.1 Å². The topological polar surface area (TPSA) is 92.2 Å². The van der Waals surface area contributed by atoms with E-state index in [1.54, 1.807) is 0 Å². The average molecular weight is 525 g/mol. The second kappa shape index (κ2) is 29.3. The molecule has 0 aliphatic carbocycles. The van der Waals surface area contributed by atoms with Crippen LogP contribution >= 0.6 is 0 Å². The summed E-state index contributed by atoms with van der Waals surface area (Å²) in [5.41, 5.74) is 0. The van der Waals surface area contributed by atoms with Crippen LogP contribution in [0.2, 0.25) is 0 Å². The summed E-state index contributed by atoms with van der Waals surface area (Å²) in [6.07, 6.45) is 0. The van der Waals surface area contributed by atoms with Crippen molar-refractivity contribution in [2.24, 2.45) is 0 Å². The van der Waals surface area contributed by atoms with Crippen LogP contribution < -0.4 is 0 Å². The van der Waals surface area contributed by atoms with E-state index in [1.165, 1.54) is 0 Å². The van der Waals surface area contributed by atoms with E-state index in [1.807, 2.05) is 0 Å². The summed E-state index contributed by atoms with van der Waals surface area (Å²) in [6, 6.07) is 0. The molecule has 0 atom stereocenters. The molecule has 0 aromatic heterocycles. The van der Waals surface area contributed by atoms with Gasteiger partial charge in [0.1, 0.15) is 0 Å². The van der Waals surface area contributed by atoms with E-state index in [0.29, 0.717) is 0 Å². The first kappa shape index (κ1) is 37.0. The average Bonchev–Trinajstić information content (AvgIpc) is 0.811. The standard InChI is InChI=1S/BH3O3.Ca.2Gd.H2O.Y.2H/c2-1(3)4;;;;;;;/h2-4H;;;;1H2;;;/q;+2;;;;;2*-1. The Bertz CT molecular complexity index is 30.8. The van der Waals surface area contributed by atoms with Crippen LogP contribution in [0.15, 0.2) is 0 Å². The van der Waals surface area contributed by atoms with Crippen molar-refractivity contribution < 1.29 is 136 Å². The second-order valence-electron chi connectivity index (χ2n) is 0.346. The summed E-state index contributed by atoms with van der Waals surface area (Å²) < 4.78 is 0. The first-order valence-corrected chi connectivity index (χ1v) is 0.775. The van der Waals surface area contributed by atoms with Crippen LogP contribution in [0, 0.1) is 79.9 Å². The molecule has 9 heteroatoms. The van der Waals surface area contributed by atoms with Crippen molar-refractivity contribution in [2.45, 2.75) is 0 Å². The molecule has 0 rings (SSSR count). The third kappa shape index (κ3) is 63.7. The second-order valence-corrected chi connectivity index (χ2v) is 0.346. The van der Waals surface area contributed by atoms with Gasteiger partial charge in [-0.25, -0.2) is 0 Å². The summed E-state index contributed by atoms with van der Waals surface area (Å²) in [7, 11) is -2.17. The van der Waals surface area contributed by atoms with Crippen LogP contribution in [0.25, 0.3) is 0 Å². The molecule has 0 heterocycles. The minimum atomic E-state index is -2.17. The maximum absolute atomic E-state index is 7.17. The van der Waals surface area contributed by atoms with E-state index >= 15 is 0 Å². The van der Waals surface area contributed by atoms with Gasteiger partial charge in [0.05, 0.1) is 0 Å². The van der Waals surface area contributed by atoms with Gasteiger partial charge in [0.15, 0.2) is 0 Å². The maximum Gasteiger partial charge on any atom is 2.00 e. The quantitative estimate of drug-likeness (QED) is 0.294. The molecule has 0 saturated heterocycles. The van der Waals surface area contributed by atoms with E-state index in [4.69, 9.17) is 15.1 Å². The van der Waals surface area contributed by atoms with Crippen molar-refractivity contribution in [1.82, 2.24) is 0 Å². The molecule has 1 radical (unpaired) electrons. The Morgan fingerprint density at radius 2 is 1.00 bits per heavy atom. The molecule has 0 aliphatic rings. The van der Waals surface area contributed by atoms with E-state index in [0.717, 1.165) is 0 Å². The minimum absolute atomic E-state index is 0. The van der Waals surface area contributed by atoms with Gasteiger partial charge in [-0.05, 0) is 0 Å². The van der Waals surface area contributed by atoms with Crippen LogP contribution in [0.4, 0.5) is 0 Å². The van der Waals surface area contributed by atoms with E-state index < -0.39 is 7.32 Å². The molecular formula is H7BCaGd2O4Y. The Kier molecular flexibility index (Phi) is 120. The molecule has 0 aliphatic heterocycles. The van der Waals surface area contributed by atoms with Gasteiger partial charge in [-0.2, -0.15) is 0 Å². The van der Waals surface area contributed by atoms with Crippen molar-refractivity contribution in [3.05, 3.63) is 0 Å². The third-order valence-corrected chi connectivity index (χ3v) is 0. The summed E-state index contributed by atoms with van der Waals surface area (Å²) >= 11 is 0. The van der Waals surface area contributed by atoms with Crippen LogP contribution in [-0.4, -0.2) is 65.6 Å². The van der Waals surface area contributed by atoms with Gasteiger partial charge in [0, 0.05) is 113 Å². The molecule has 0 fully saturated rings. The van der Waals surface area contributed by atoms with E-state index in [-0.39, 0.29) is 159 Å². The monoisotopic (exact) mass is 527 g/mol. The summed E-state index contributed by atoms with van der Waals surface area (Å²) in [5.74, 6) is 0. The molecule has 0 unspecified atom stereocenters. The van der Waals surface area contributed by atoms with Gasteiger partial charge in [0.25, 0.3) is 0 Å². The third-order valence-electron chi connectivity index (χ3n) is 0. The fourth-order valence-electron chi connectivity index (χ4n) is 0. The Morgan fingerprint density at radius 3 is 1.00 bits per heavy atom. The van der Waals surface area contributed by atoms with E-state index in [9.17, 15) is 0 Å². The first-order valence-electron chi connectivity index (χ1n) is 0.775. The van der Waals surface area contributed by atoms with Crippen LogP contribution in [-0.2, 0) is 32.7 Å². The largest absolute Gasteiger partial charge is 2.00 e. The van der Waals surface area contributed by atoms with Gasteiger partial charge in [-0.3, -0.25) is 0 Å². The molecule has 0 aromatic carbocycles. The van der Waals surface area contributed by atoms with Gasteiger partial charge < -0.3 is 23.4 Å². The zero-order chi connectivity index (χ0) is 3.58. The Labute approximate surface area is 176 Å². The molecule has 0 aromatic rings. The number of rotatable bonds is 0. The SMILES string of the molecule is O.OB(O)O.[Ca+2].[Gd].[Gd].[H-].[H-].[Y]. The van der Waals surface area contributed by atoms with Gasteiger partial charge in [-0.1, -0.05) is 0 Å². The van der Waals surface area contributed by atoms with Crippen molar-refractivity contribution in [2.75, 3.05) is 0 Å². The van der Waals surface area contributed by atoms with Crippen molar-refractivity contribution in [3.63, 3.8) is 0 Å². The Morgan fingerprint density at radius 1 is 1.00 bits per heavy atom. The minimum Gasteiger partial charge on any atom is -1.00 e. The van der Waals surface area contributed by atoms with Gasteiger partial charge in [0.2, 0.25) is 0 Å². The molecule has 4 nitrogen and oxygen atoms in total. The molecule has 55 valence electrons. The smallest absolute Gasteiger partial charge is 1.00 e. The number of hydrogen-bond acceptors (Lipinski definition) is 3. The van der Waals surface area contributed by atoms with Gasteiger partial charge in [-0.15, -0.1) is 0 Å². The predicted octanol–water partition coefficient (Wildman–Crippen LogP) is -3.03. The number of hydrogen-bond donors (Lipinski definition) is 3. The molecule has 0 saturated carbocycles. The van der Waals surface area contributed by atoms with E-state index in [2.05, 4.69) is 0 Å². The Balaban J connectivity index is -0.00000000214.